The summed E-state index contributed by atoms with van der Waals surface area (Å²) in [6.45, 7) is 6.40. The molecule has 0 fully saturated rings. The van der Waals surface area contributed by atoms with Gasteiger partial charge in [-0.25, -0.2) is 19.2 Å². The van der Waals surface area contributed by atoms with Crippen LogP contribution < -0.4 is 9.47 Å². The number of halogens is 1. The Hall–Kier alpha value is -3.03. The Kier molecular flexibility index (Phi) is 13.5. The van der Waals surface area contributed by atoms with Crippen molar-refractivity contribution in [3.63, 3.8) is 0 Å². The van der Waals surface area contributed by atoms with Gasteiger partial charge in [0, 0.05) is 5.56 Å². The number of carbonyl (C=O) groups excluding carboxylic acids is 2. The van der Waals surface area contributed by atoms with Gasteiger partial charge in [0.2, 0.25) is 0 Å². The minimum absolute atomic E-state index is 0.128. The molecule has 36 heavy (non-hydrogen) atoms. The van der Waals surface area contributed by atoms with Crippen molar-refractivity contribution in [2.24, 2.45) is 5.92 Å². The van der Waals surface area contributed by atoms with Crippen LogP contribution in [0.15, 0.2) is 30.6 Å². The predicted octanol–water partition coefficient (Wildman–Crippen LogP) is 7.67. The van der Waals surface area contributed by atoms with Crippen molar-refractivity contribution in [1.29, 1.82) is 0 Å². The van der Waals surface area contributed by atoms with Crippen LogP contribution in [0.25, 0.3) is 11.4 Å². The molecule has 1 aromatic heterocycles. The summed E-state index contributed by atoms with van der Waals surface area (Å²) < 4.78 is 30.0. The molecule has 1 atom stereocenters. The van der Waals surface area contributed by atoms with Crippen molar-refractivity contribution < 1.29 is 28.2 Å². The van der Waals surface area contributed by atoms with Crippen LogP contribution in [0.1, 0.15) is 91.4 Å². The zero-order valence-corrected chi connectivity index (χ0v) is 21.8. The second-order valence-corrected chi connectivity index (χ2v) is 9.03. The summed E-state index contributed by atoms with van der Waals surface area (Å²) in [7, 11) is 0. The molecule has 1 unspecified atom stereocenters. The molecule has 0 amide bonds. The van der Waals surface area contributed by atoms with E-state index in [0.29, 0.717) is 18.6 Å². The lowest BCUT2D eigenvalue weighted by Crippen LogP contribution is -2.18. The van der Waals surface area contributed by atoms with Crippen LogP contribution in [0, 0.1) is 11.7 Å². The van der Waals surface area contributed by atoms with E-state index < -0.39 is 17.9 Å². The van der Waals surface area contributed by atoms with E-state index in [9.17, 15) is 14.0 Å². The molecule has 2 rings (SSSR count). The minimum atomic E-state index is -0.809. The smallest absolute Gasteiger partial charge is 0.434 e. The van der Waals surface area contributed by atoms with Crippen molar-refractivity contribution in [2.45, 2.75) is 91.4 Å². The van der Waals surface area contributed by atoms with Gasteiger partial charge < -0.3 is 14.2 Å². The Morgan fingerprint density at radius 2 is 1.53 bits per heavy atom. The lowest BCUT2D eigenvalue weighted by atomic mass is 10.0. The van der Waals surface area contributed by atoms with E-state index in [1.807, 2.05) is 0 Å². The SMILES string of the molecule is CCCCCCCCOC(=O)Oc1cnc(-c2ccc(OC(=O)C(C)CCCCCC)c(F)c2)nc1. The molecule has 1 heterocycles. The van der Waals surface area contributed by atoms with Crippen LogP contribution in [0.3, 0.4) is 0 Å². The number of rotatable bonds is 16. The predicted molar refractivity (Wildman–Crippen MR) is 136 cm³/mol. The number of hydrogen-bond acceptors (Lipinski definition) is 7. The molecule has 0 saturated carbocycles. The van der Waals surface area contributed by atoms with Gasteiger partial charge in [-0.1, -0.05) is 78.6 Å². The third kappa shape index (κ3) is 10.7. The molecule has 0 aliphatic carbocycles. The van der Waals surface area contributed by atoms with Gasteiger partial charge in [0.15, 0.2) is 23.1 Å². The largest absolute Gasteiger partial charge is 0.513 e. The van der Waals surface area contributed by atoms with Gasteiger partial charge in [-0.15, -0.1) is 0 Å². The van der Waals surface area contributed by atoms with Gasteiger partial charge in [-0.3, -0.25) is 4.79 Å². The summed E-state index contributed by atoms with van der Waals surface area (Å²) in [4.78, 5) is 32.4. The highest BCUT2D eigenvalue weighted by atomic mass is 19.1. The van der Waals surface area contributed by atoms with E-state index in [2.05, 4.69) is 23.8 Å². The van der Waals surface area contributed by atoms with Crippen molar-refractivity contribution in [1.82, 2.24) is 9.97 Å². The van der Waals surface area contributed by atoms with E-state index >= 15 is 0 Å². The van der Waals surface area contributed by atoms with Crippen molar-refractivity contribution >= 4 is 12.1 Å². The van der Waals surface area contributed by atoms with Crippen LogP contribution in [-0.4, -0.2) is 28.7 Å². The van der Waals surface area contributed by atoms with Crippen LogP contribution in [0.5, 0.6) is 11.5 Å². The maximum atomic E-state index is 14.6. The number of benzene rings is 1. The van der Waals surface area contributed by atoms with Crippen molar-refractivity contribution in [3.05, 3.63) is 36.4 Å². The highest BCUT2D eigenvalue weighted by Crippen LogP contribution is 2.25. The standard InChI is InChI=1S/C28H39FN2O5/c1-4-6-8-10-11-13-17-34-28(33)35-23-19-30-26(31-20-23)22-15-16-25(24(29)18-22)36-27(32)21(3)14-12-9-7-5-2/h15-16,18-21H,4-14,17H2,1-3H3. The molecule has 0 saturated heterocycles. The monoisotopic (exact) mass is 502 g/mol. The van der Waals surface area contributed by atoms with Gasteiger partial charge in [0.1, 0.15) is 0 Å². The zero-order valence-electron chi connectivity index (χ0n) is 21.8. The van der Waals surface area contributed by atoms with E-state index in [0.717, 1.165) is 44.9 Å². The highest BCUT2D eigenvalue weighted by Gasteiger charge is 2.18. The van der Waals surface area contributed by atoms with Crippen molar-refractivity contribution in [3.8, 4) is 22.9 Å². The molecule has 0 aliphatic rings. The van der Waals surface area contributed by atoms with E-state index in [1.54, 1.807) is 13.0 Å². The Bertz CT molecular complexity index is 936. The summed E-state index contributed by atoms with van der Waals surface area (Å²) in [6, 6.07) is 4.17. The fraction of sp³-hybridized carbons (Fsp3) is 0.571. The number of esters is 1. The van der Waals surface area contributed by atoms with Gasteiger partial charge in [0.05, 0.1) is 24.9 Å². The normalized spacial score (nSPS) is 11.7. The topological polar surface area (TPSA) is 87.6 Å². The average Bonchev–Trinajstić information content (AvgIpc) is 2.87. The molecule has 0 aliphatic heterocycles. The third-order valence-corrected chi connectivity index (χ3v) is 5.84. The Labute approximate surface area is 213 Å². The highest BCUT2D eigenvalue weighted by molar-refractivity contribution is 5.75. The number of ether oxygens (including phenoxy) is 3. The van der Waals surface area contributed by atoms with E-state index in [-0.39, 0.29) is 23.2 Å². The molecule has 0 N–H and O–H groups in total. The van der Waals surface area contributed by atoms with E-state index in [4.69, 9.17) is 14.2 Å². The van der Waals surface area contributed by atoms with Crippen LogP contribution >= 0.6 is 0 Å². The summed E-state index contributed by atoms with van der Waals surface area (Å²) in [6.07, 6.45) is 13.4. The fourth-order valence-electron chi connectivity index (χ4n) is 3.61. The maximum Gasteiger partial charge on any atom is 0.513 e. The Morgan fingerprint density at radius 3 is 2.19 bits per heavy atom. The molecule has 198 valence electrons. The van der Waals surface area contributed by atoms with Gasteiger partial charge >= 0.3 is 12.1 Å². The number of aromatic nitrogens is 2. The molecular weight excluding hydrogens is 463 g/mol. The summed E-state index contributed by atoms with van der Waals surface area (Å²) >= 11 is 0. The first-order valence-electron chi connectivity index (χ1n) is 13.1. The van der Waals surface area contributed by atoms with Gasteiger partial charge in [0.25, 0.3) is 0 Å². The lowest BCUT2D eigenvalue weighted by Gasteiger charge is -2.12. The Balaban J connectivity index is 1.81. The first kappa shape index (κ1) is 29.2. The zero-order chi connectivity index (χ0) is 26.2. The van der Waals surface area contributed by atoms with Gasteiger partial charge in [-0.2, -0.15) is 0 Å². The molecule has 7 nitrogen and oxygen atoms in total. The number of carbonyl (C=O) groups is 2. The molecule has 1 aromatic carbocycles. The van der Waals surface area contributed by atoms with E-state index in [1.165, 1.54) is 43.8 Å². The second-order valence-electron chi connectivity index (χ2n) is 9.03. The van der Waals surface area contributed by atoms with Crippen LogP contribution in [0.2, 0.25) is 0 Å². The summed E-state index contributed by atoms with van der Waals surface area (Å²) in [5, 5.41) is 0. The van der Waals surface area contributed by atoms with Crippen molar-refractivity contribution in [2.75, 3.05) is 6.61 Å². The molecule has 0 spiro atoms. The minimum Gasteiger partial charge on any atom is -0.434 e. The average molecular weight is 503 g/mol. The molecule has 0 bridgehead atoms. The summed E-state index contributed by atoms with van der Waals surface area (Å²) in [5.74, 6) is -1.18. The maximum absolute atomic E-state index is 14.6. The molecule has 2 aromatic rings. The molecule has 0 radical (unpaired) electrons. The third-order valence-electron chi connectivity index (χ3n) is 5.84. The first-order chi connectivity index (χ1) is 17.4. The quantitative estimate of drug-likeness (QED) is 0.132. The fourth-order valence-corrected chi connectivity index (χ4v) is 3.61. The van der Waals surface area contributed by atoms with Gasteiger partial charge in [-0.05, 0) is 31.0 Å². The molecule has 8 heteroatoms. The lowest BCUT2D eigenvalue weighted by molar-refractivity contribution is -0.138. The number of unbranched alkanes of at least 4 members (excludes halogenated alkanes) is 8. The number of hydrogen-bond donors (Lipinski definition) is 0. The Morgan fingerprint density at radius 1 is 0.889 bits per heavy atom. The van der Waals surface area contributed by atoms with Crippen LogP contribution in [-0.2, 0) is 9.53 Å². The number of nitrogens with zero attached hydrogens (tertiary/aromatic N) is 2. The second kappa shape index (κ2) is 16.6. The van der Waals surface area contributed by atoms with Crippen LogP contribution in [0.4, 0.5) is 9.18 Å². The summed E-state index contributed by atoms with van der Waals surface area (Å²) in [5.41, 5.74) is 0.400. The molecular formula is C28H39FN2O5. The first-order valence-corrected chi connectivity index (χ1v) is 13.1.